The van der Waals surface area contributed by atoms with Crippen molar-refractivity contribution in [3.8, 4) is 11.6 Å². The number of aryl methyl sites for hydroxylation is 1. The van der Waals surface area contributed by atoms with E-state index in [-0.39, 0.29) is 0 Å². The van der Waals surface area contributed by atoms with E-state index in [1.54, 1.807) is 30.6 Å². The lowest BCUT2D eigenvalue weighted by molar-refractivity contribution is 0.462. The summed E-state index contributed by atoms with van der Waals surface area (Å²) in [4.78, 5) is 8.13. The largest absolute Gasteiger partial charge is 0.435 e. The minimum atomic E-state index is 0.419. The van der Waals surface area contributed by atoms with Crippen LogP contribution in [0.3, 0.4) is 0 Å². The second kappa shape index (κ2) is 3.96. The van der Waals surface area contributed by atoms with E-state index in [9.17, 15) is 0 Å². The molecular formula is C11H11N3O. The zero-order valence-corrected chi connectivity index (χ0v) is 8.34. The summed E-state index contributed by atoms with van der Waals surface area (Å²) < 4.78 is 5.49. The average Bonchev–Trinajstić information content (AvgIpc) is 2.25. The number of nitrogens with zero attached hydrogens (tertiary/aromatic N) is 2. The molecule has 0 aliphatic rings. The van der Waals surface area contributed by atoms with Gasteiger partial charge in [-0.3, -0.25) is 4.98 Å². The fraction of sp³-hybridized carbons (Fsp3) is 0.0909. The number of hydrogen-bond acceptors (Lipinski definition) is 4. The summed E-state index contributed by atoms with van der Waals surface area (Å²) in [5, 5.41) is 0. The average molecular weight is 201 g/mol. The van der Waals surface area contributed by atoms with Gasteiger partial charge in [0.15, 0.2) is 0 Å². The maximum atomic E-state index is 5.73. The Labute approximate surface area is 87.7 Å². The Bertz CT molecular complexity index is 457. The van der Waals surface area contributed by atoms with E-state index in [2.05, 4.69) is 9.97 Å². The topological polar surface area (TPSA) is 61.0 Å². The van der Waals surface area contributed by atoms with Gasteiger partial charge in [0.25, 0.3) is 0 Å². The summed E-state index contributed by atoms with van der Waals surface area (Å²) in [6.07, 6.45) is 3.29. The van der Waals surface area contributed by atoms with Gasteiger partial charge in [0.1, 0.15) is 5.75 Å². The minimum absolute atomic E-state index is 0.419. The monoisotopic (exact) mass is 201 g/mol. The summed E-state index contributed by atoms with van der Waals surface area (Å²) in [7, 11) is 0. The lowest BCUT2D eigenvalue weighted by atomic mass is 10.3. The molecule has 0 aromatic carbocycles. The Morgan fingerprint density at radius 1 is 1.27 bits per heavy atom. The van der Waals surface area contributed by atoms with Crippen LogP contribution in [0.4, 0.5) is 5.69 Å². The van der Waals surface area contributed by atoms with E-state index in [4.69, 9.17) is 10.5 Å². The van der Waals surface area contributed by atoms with Crippen LogP contribution in [-0.2, 0) is 0 Å². The molecule has 4 heteroatoms. The van der Waals surface area contributed by atoms with Crippen molar-refractivity contribution < 1.29 is 4.74 Å². The zero-order chi connectivity index (χ0) is 10.7. The maximum Gasteiger partial charge on any atom is 0.242 e. The smallest absolute Gasteiger partial charge is 0.242 e. The highest BCUT2D eigenvalue weighted by Gasteiger charge is 2.03. The van der Waals surface area contributed by atoms with Gasteiger partial charge in [-0.2, -0.15) is 0 Å². The number of nitrogens with two attached hydrogens (primary N) is 1. The molecule has 0 aliphatic carbocycles. The number of hydrogen-bond donors (Lipinski definition) is 1. The van der Waals surface area contributed by atoms with Crippen LogP contribution in [0.5, 0.6) is 11.6 Å². The highest BCUT2D eigenvalue weighted by Crippen LogP contribution is 2.24. The van der Waals surface area contributed by atoms with Crippen LogP contribution in [0, 0.1) is 6.92 Å². The molecule has 2 aromatic rings. The van der Waals surface area contributed by atoms with E-state index in [0.29, 0.717) is 17.3 Å². The molecule has 15 heavy (non-hydrogen) atoms. The van der Waals surface area contributed by atoms with Crippen molar-refractivity contribution in [3.05, 3.63) is 42.4 Å². The Morgan fingerprint density at radius 2 is 2.13 bits per heavy atom. The third-order valence-electron chi connectivity index (χ3n) is 1.88. The number of anilines is 1. The summed E-state index contributed by atoms with van der Waals surface area (Å²) in [5.74, 6) is 1.05. The molecule has 0 radical (unpaired) electrons. The van der Waals surface area contributed by atoms with Crippen molar-refractivity contribution in [2.75, 3.05) is 5.73 Å². The molecule has 2 N–H and O–H groups in total. The van der Waals surface area contributed by atoms with Crippen molar-refractivity contribution in [1.82, 2.24) is 9.97 Å². The fourth-order valence-corrected chi connectivity index (χ4v) is 1.14. The molecule has 0 saturated heterocycles. The van der Waals surface area contributed by atoms with Crippen molar-refractivity contribution in [1.29, 1.82) is 0 Å². The third kappa shape index (κ3) is 2.22. The molecule has 0 unspecified atom stereocenters. The third-order valence-corrected chi connectivity index (χ3v) is 1.88. The Hall–Kier alpha value is -2.10. The Balaban J connectivity index is 2.28. The minimum Gasteiger partial charge on any atom is -0.435 e. The van der Waals surface area contributed by atoms with Gasteiger partial charge in [-0.25, -0.2) is 4.98 Å². The van der Waals surface area contributed by atoms with Gasteiger partial charge in [-0.05, 0) is 31.2 Å². The predicted octanol–water partition coefficient (Wildman–Crippen LogP) is 2.16. The van der Waals surface area contributed by atoms with Gasteiger partial charge in [-0.1, -0.05) is 0 Å². The van der Waals surface area contributed by atoms with Gasteiger partial charge >= 0.3 is 0 Å². The van der Waals surface area contributed by atoms with Crippen LogP contribution < -0.4 is 10.5 Å². The first-order valence-corrected chi connectivity index (χ1v) is 4.57. The molecule has 0 bridgehead atoms. The highest BCUT2D eigenvalue weighted by molar-refractivity contribution is 5.49. The van der Waals surface area contributed by atoms with Gasteiger partial charge in [0, 0.05) is 11.9 Å². The van der Waals surface area contributed by atoms with Crippen LogP contribution in [0.25, 0.3) is 0 Å². The van der Waals surface area contributed by atoms with Crippen molar-refractivity contribution >= 4 is 5.69 Å². The quantitative estimate of drug-likeness (QED) is 0.808. The summed E-state index contributed by atoms with van der Waals surface area (Å²) in [6, 6.07) is 7.21. The van der Waals surface area contributed by atoms with Crippen LogP contribution in [0.2, 0.25) is 0 Å². The van der Waals surface area contributed by atoms with Crippen LogP contribution >= 0.6 is 0 Å². The second-order valence-electron chi connectivity index (χ2n) is 3.14. The Kier molecular flexibility index (Phi) is 2.49. The standard InChI is InChI=1S/C11H11N3O/c1-8-4-5-10(12)11(14-8)15-9-3-2-6-13-7-9/h2-7H,12H2,1H3. The molecular weight excluding hydrogens is 190 g/mol. The SMILES string of the molecule is Cc1ccc(N)c(Oc2cccnc2)n1. The van der Waals surface area contributed by atoms with Gasteiger partial charge < -0.3 is 10.5 Å². The second-order valence-corrected chi connectivity index (χ2v) is 3.14. The molecule has 4 nitrogen and oxygen atoms in total. The number of nitrogen functional groups attached to an aromatic ring is 1. The summed E-state index contributed by atoms with van der Waals surface area (Å²) >= 11 is 0. The fourth-order valence-electron chi connectivity index (χ4n) is 1.14. The van der Waals surface area contributed by atoms with Crippen molar-refractivity contribution in [2.45, 2.75) is 6.92 Å². The van der Waals surface area contributed by atoms with Gasteiger partial charge in [-0.15, -0.1) is 0 Å². The van der Waals surface area contributed by atoms with Crippen molar-refractivity contribution in [3.63, 3.8) is 0 Å². The summed E-state index contributed by atoms with van der Waals surface area (Å²) in [5.41, 5.74) is 7.11. The molecule has 0 atom stereocenters. The first kappa shape index (κ1) is 9.45. The van der Waals surface area contributed by atoms with Crippen LogP contribution in [0.1, 0.15) is 5.69 Å². The van der Waals surface area contributed by atoms with Gasteiger partial charge in [0.2, 0.25) is 5.88 Å². The van der Waals surface area contributed by atoms with E-state index < -0.39 is 0 Å². The molecule has 0 aliphatic heterocycles. The lowest BCUT2D eigenvalue weighted by Crippen LogP contribution is -1.96. The van der Waals surface area contributed by atoms with E-state index in [0.717, 1.165) is 5.69 Å². The van der Waals surface area contributed by atoms with Gasteiger partial charge in [0.05, 0.1) is 11.9 Å². The lowest BCUT2D eigenvalue weighted by Gasteiger charge is -2.06. The highest BCUT2D eigenvalue weighted by atomic mass is 16.5. The predicted molar refractivity (Wildman–Crippen MR) is 57.7 cm³/mol. The van der Waals surface area contributed by atoms with Crippen LogP contribution in [0.15, 0.2) is 36.7 Å². The molecule has 0 amide bonds. The maximum absolute atomic E-state index is 5.73. The molecule has 0 spiro atoms. The first-order valence-electron chi connectivity index (χ1n) is 4.57. The number of pyridine rings is 2. The molecule has 2 aromatic heterocycles. The number of ether oxygens (including phenoxy) is 1. The Morgan fingerprint density at radius 3 is 2.87 bits per heavy atom. The van der Waals surface area contributed by atoms with E-state index in [1.807, 2.05) is 13.0 Å². The molecule has 0 saturated carbocycles. The normalized spacial score (nSPS) is 9.93. The van der Waals surface area contributed by atoms with Crippen molar-refractivity contribution in [2.24, 2.45) is 0 Å². The zero-order valence-electron chi connectivity index (χ0n) is 8.34. The molecule has 2 rings (SSSR count). The molecule has 76 valence electrons. The van der Waals surface area contributed by atoms with Crippen LogP contribution in [-0.4, -0.2) is 9.97 Å². The van der Waals surface area contributed by atoms with E-state index in [1.165, 1.54) is 0 Å². The molecule has 0 fully saturated rings. The molecule has 2 heterocycles. The summed E-state index contributed by atoms with van der Waals surface area (Å²) in [6.45, 7) is 1.88. The number of rotatable bonds is 2. The first-order chi connectivity index (χ1) is 7.25. The number of aromatic nitrogens is 2. The van der Waals surface area contributed by atoms with E-state index >= 15 is 0 Å².